The monoisotopic (exact) mass is 369 g/mol. The number of thioether (sulfide) groups is 1. The van der Waals surface area contributed by atoms with E-state index in [1.54, 1.807) is 28.8 Å². The molecular weight excluding hydrogens is 354 g/mol. The zero-order valence-electron chi connectivity index (χ0n) is 13.2. The molecule has 0 radical (unpaired) electrons. The molecule has 1 N–H and O–H groups in total. The number of carbonyl (C=O) groups is 2. The Morgan fingerprint density at radius 2 is 1.84 bits per heavy atom. The van der Waals surface area contributed by atoms with Crippen molar-refractivity contribution in [3.8, 4) is 0 Å². The summed E-state index contributed by atoms with van der Waals surface area (Å²) in [5, 5.41) is 3.44. The number of aromatic nitrogens is 1. The summed E-state index contributed by atoms with van der Waals surface area (Å²) < 4.78 is 1.02. The Bertz CT molecular complexity index is 893. The summed E-state index contributed by atoms with van der Waals surface area (Å²) in [6.07, 6.45) is 0. The molecule has 0 unspecified atom stereocenters. The summed E-state index contributed by atoms with van der Waals surface area (Å²) in [6.45, 7) is 0. The molecule has 0 saturated carbocycles. The van der Waals surface area contributed by atoms with Crippen molar-refractivity contribution in [1.29, 1.82) is 0 Å². The molecule has 1 aromatic heterocycles. The van der Waals surface area contributed by atoms with E-state index in [0.29, 0.717) is 22.3 Å². The number of anilines is 1. The van der Waals surface area contributed by atoms with Crippen LogP contribution in [0.25, 0.3) is 10.2 Å². The van der Waals surface area contributed by atoms with E-state index >= 15 is 0 Å². The summed E-state index contributed by atoms with van der Waals surface area (Å²) >= 11 is 3.02. The lowest BCUT2D eigenvalue weighted by Crippen LogP contribution is -2.44. The highest BCUT2D eigenvalue weighted by Gasteiger charge is 2.35. The Hall–Kier alpha value is -2.38. The third-order valence-electron chi connectivity index (χ3n) is 3.99. The Balaban J connectivity index is 1.51. The van der Waals surface area contributed by atoms with Crippen molar-refractivity contribution >= 4 is 50.3 Å². The SMILES string of the molecule is O=C(Nc1nc2ccccc2s1)[C@@H]1CSCN1C(=O)c1ccccc1. The number of nitrogens with zero attached hydrogens (tertiary/aromatic N) is 2. The van der Waals surface area contributed by atoms with E-state index in [-0.39, 0.29) is 11.8 Å². The van der Waals surface area contributed by atoms with Gasteiger partial charge in [-0.25, -0.2) is 4.98 Å². The van der Waals surface area contributed by atoms with Gasteiger partial charge in [-0.2, -0.15) is 0 Å². The van der Waals surface area contributed by atoms with E-state index in [2.05, 4.69) is 10.3 Å². The van der Waals surface area contributed by atoms with Crippen molar-refractivity contribution in [2.45, 2.75) is 6.04 Å². The molecule has 1 aliphatic heterocycles. The van der Waals surface area contributed by atoms with Crippen molar-refractivity contribution in [2.75, 3.05) is 16.9 Å². The van der Waals surface area contributed by atoms with Gasteiger partial charge in [0.15, 0.2) is 5.13 Å². The van der Waals surface area contributed by atoms with Crippen LogP contribution in [0.3, 0.4) is 0 Å². The number of carbonyl (C=O) groups excluding carboxylic acids is 2. The number of nitrogens with one attached hydrogen (secondary N) is 1. The van der Waals surface area contributed by atoms with Crippen LogP contribution in [0.1, 0.15) is 10.4 Å². The van der Waals surface area contributed by atoms with Crippen LogP contribution < -0.4 is 5.32 Å². The van der Waals surface area contributed by atoms with E-state index in [9.17, 15) is 9.59 Å². The second-order valence-electron chi connectivity index (χ2n) is 5.63. The van der Waals surface area contributed by atoms with Crippen molar-refractivity contribution in [3.05, 3.63) is 60.2 Å². The zero-order chi connectivity index (χ0) is 17.2. The average molecular weight is 369 g/mol. The first-order valence-corrected chi connectivity index (χ1v) is 9.80. The third-order valence-corrected chi connectivity index (χ3v) is 5.95. The minimum Gasteiger partial charge on any atom is -0.316 e. The maximum Gasteiger partial charge on any atom is 0.255 e. The van der Waals surface area contributed by atoms with Gasteiger partial charge in [-0.15, -0.1) is 11.8 Å². The number of fused-ring (bicyclic) bond motifs is 1. The second-order valence-corrected chi connectivity index (χ2v) is 7.66. The highest BCUT2D eigenvalue weighted by atomic mass is 32.2. The molecular formula is C18H15N3O2S2. The highest BCUT2D eigenvalue weighted by Crippen LogP contribution is 2.28. The molecule has 2 amide bonds. The Labute approximate surface area is 153 Å². The Morgan fingerprint density at radius 1 is 1.08 bits per heavy atom. The highest BCUT2D eigenvalue weighted by molar-refractivity contribution is 7.99. The second kappa shape index (κ2) is 6.85. The first-order chi connectivity index (χ1) is 12.2. The fourth-order valence-corrected chi connectivity index (χ4v) is 4.74. The molecule has 1 fully saturated rings. The molecule has 2 aromatic carbocycles. The van der Waals surface area contributed by atoms with Gasteiger partial charge in [0.05, 0.1) is 16.1 Å². The molecule has 3 aromatic rings. The van der Waals surface area contributed by atoms with Gasteiger partial charge in [0, 0.05) is 11.3 Å². The van der Waals surface area contributed by atoms with Gasteiger partial charge >= 0.3 is 0 Å². The van der Waals surface area contributed by atoms with Crippen LogP contribution in [0.2, 0.25) is 0 Å². The van der Waals surface area contributed by atoms with Crippen LogP contribution in [0.4, 0.5) is 5.13 Å². The number of hydrogen-bond donors (Lipinski definition) is 1. The quantitative estimate of drug-likeness (QED) is 0.768. The van der Waals surface area contributed by atoms with E-state index in [4.69, 9.17) is 0 Å². The molecule has 25 heavy (non-hydrogen) atoms. The lowest BCUT2D eigenvalue weighted by molar-refractivity contribution is -0.119. The van der Waals surface area contributed by atoms with Gasteiger partial charge in [0.1, 0.15) is 6.04 Å². The largest absolute Gasteiger partial charge is 0.316 e. The summed E-state index contributed by atoms with van der Waals surface area (Å²) in [4.78, 5) is 31.4. The Morgan fingerprint density at radius 3 is 2.64 bits per heavy atom. The molecule has 7 heteroatoms. The maximum absolute atomic E-state index is 12.7. The van der Waals surface area contributed by atoms with Crippen LogP contribution in [-0.2, 0) is 4.79 Å². The van der Waals surface area contributed by atoms with E-state index in [1.165, 1.54) is 11.3 Å². The molecule has 4 rings (SSSR count). The minimum atomic E-state index is -0.482. The van der Waals surface area contributed by atoms with Crippen LogP contribution in [0.5, 0.6) is 0 Å². The van der Waals surface area contributed by atoms with Gasteiger partial charge < -0.3 is 10.2 Å². The lowest BCUT2D eigenvalue weighted by atomic mass is 10.1. The first-order valence-electron chi connectivity index (χ1n) is 7.82. The van der Waals surface area contributed by atoms with Gasteiger partial charge in [-0.1, -0.05) is 41.7 Å². The van der Waals surface area contributed by atoms with Crippen molar-refractivity contribution in [2.24, 2.45) is 0 Å². The van der Waals surface area contributed by atoms with Crippen LogP contribution in [0, 0.1) is 0 Å². The molecule has 0 spiro atoms. The van der Waals surface area contributed by atoms with E-state index < -0.39 is 6.04 Å². The zero-order valence-corrected chi connectivity index (χ0v) is 14.8. The Kier molecular flexibility index (Phi) is 4.42. The number of thiazole rings is 1. The number of rotatable bonds is 3. The molecule has 126 valence electrons. The van der Waals surface area contributed by atoms with Gasteiger partial charge in [-0.05, 0) is 24.3 Å². The van der Waals surface area contributed by atoms with Crippen LogP contribution >= 0.6 is 23.1 Å². The number of amides is 2. The first kappa shape index (κ1) is 16.1. The van der Waals surface area contributed by atoms with Crippen LogP contribution in [0.15, 0.2) is 54.6 Å². The van der Waals surface area contributed by atoms with E-state index in [1.807, 2.05) is 42.5 Å². The average Bonchev–Trinajstić information content (AvgIpc) is 3.28. The maximum atomic E-state index is 12.7. The van der Waals surface area contributed by atoms with E-state index in [0.717, 1.165) is 10.2 Å². The van der Waals surface area contributed by atoms with Crippen LogP contribution in [-0.4, -0.2) is 39.4 Å². The molecule has 1 atom stereocenters. The van der Waals surface area contributed by atoms with Gasteiger partial charge in [0.25, 0.3) is 5.91 Å². The third kappa shape index (κ3) is 3.25. The molecule has 1 aliphatic rings. The van der Waals surface area contributed by atoms with Crippen molar-refractivity contribution in [1.82, 2.24) is 9.88 Å². The standard InChI is InChI=1S/C18H15N3O2S2/c22-16(20-18-19-13-8-4-5-9-15(13)25-18)14-10-24-11-21(14)17(23)12-6-2-1-3-7-12/h1-9,14H,10-11H2,(H,19,20,22)/t14-/m0/s1. The number of benzene rings is 2. The molecule has 0 aliphatic carbocycles. The van der Waals surface area contributed by atoms with Gasteiger partial charge in [-0.3, -0.25) is 9.59 Å². The lowest BCUT2D eigenvalue weighted by Gasteiger charge is -2.22. The molecule has 0 bridgehead atoms. The molecule has 5 nitrogen and oxygen atoms in total. The number of para-hydroxylation sites is 1. The predicted octanol–water partition coefficient (Wildman–Crippen LogP) is 3.45. The summed E-state index contributed by atoms with van der Waals surface area (Å²) in [5.41, 5.74) is 1.46. The summed E-state index contributed by atoms with van der Waals surface area (Å²) in [7, 11) is 0. The van der Waals surface area contributed by atoms with Crippen molar-refractivity contribution < 1.29 is 9.59 Å². The van der Waals surface area contributed by atoms with Crippen molar-refractivity contribution in [3.63, 3.8) is 0 Å². The van der Waals surface area contributed by atoms with Gasteiger partial charge in [0.2, 0.25) is 5.91 Å². The summed E-state index contributed by atoms with van der Waals surface area (Å²) in [6, 6.07) is 16.3. The topological polar surface area (TPSA) is 62.3 Å². The fourth-order valence-electron chi connectivity index (χ4n) is 2.72. The smallest absolute Gasteiger partial charge is 0.255 e. The molecule has 1 saturated heterocycles. The predicted molar refractivity (Wildman–Crippen MR) is 102 cm³/mol. The normalized spacial score (nSPS) is 17.0. The minimum absolute atomic E-state index is 0.116. The molecule has 2 heterocycles. The number of hydrogen-bond acceptors (Lipinski definition) is 5. The summed E-state index contributed by atoms with van der Waals surface area (Å²) in [5.74, 6) is 0.810. The fraction of sp³-hybridized carbons (Fsp3) is 0.167.